The van der Waals surface area contributed by atoms with Crippen molar-refractivity contribution in [2.45, 2.75) is 13.8 Å². The molecule has 0 aliphatic rings. The van der Waals surface area contributed by atoms with Crippen molar-refractivity contribution in [2.75, 3.05) is 19.0 Å². The van der Waals surface area contributed by atoms with Gasteiger partial charge in [-0.1, -0.05) is 17.7 Å². The summed E-state index contributed by atoms with van der Waals surface area (Å²) in [7, 11) is 1.60. The van der Waals surface area contributed by atoms with Crippen LogP contribution in [-0.4, -0.2) is 24.7 Å². The van der Waals surface area contributed by atoms with Gasteiger partial charge in [-0.15, -0.1) is 0 Å². The highest BCUT2D eigenvalue weighted by atomic mass is 32.1. The largest absolute Gasteiger partial charge is 0.497 e. The fourth-order valence-electron chi connectivity index (χ4n) is 2.10. The van der Waals surface area contributed by atoms with Gasteiger partial charge in [0.05, 0.1) is 7.11 Å². The minimum Gasteiger partial charge on any atom is -0.497 e. The van der Waals surface area contributed by atoms with Gasteiger partial charge in [-0.25, -0.2) is 0 Å². The molecule has 0 saturated carbocycles. The van der Waals surface area contributed by atoms with Crippen LogP contribution in [0, 0.1) is 13.8 Å². The smallest absolute Gasteiger partial charge is 0.276 e. The Bertz CT molecular complexity index is 748. The highest BCUT2D eigenvalue weighted by Crippen LogP contribution is 2.18. The summed E-state index contributed by atoms with van der Waals surface area (Å²) in [5.41, 5.74) is 8.02. The minimum atomic E-state index is -0.334. The number of anilines is 1. The Labute approximate surface area is 152 Å². The summed E-state index contributed by atoms with van der Waals surface area (Å²) in [5, 5.41) is 3.22. The molecule has 7 heteroatoms. The zero-order valence-electron chi connectivity index (χ0n) is 14.4. The van der Waals surface area contributed by atoms with Crippen LogP contribution in [0.5, 0.6) is 11.5 Å². The molecule has 2 aromatic rings. The first-order valence-corrected chi connectivity index (χ1v) is 8.08. The number of nitrogens with one attached hydrogen (secondary N) is 3. The molecule has 132 valence electrons. The molecule has 2 aromatic carbocycles. The molecular formula is C18H21N3O3S. The number of hydrazine groups is 1. The fourth-order valence-corrected chi connectivity index (χ4v) is 2.27. The zero-order chi connectivity index (χ0) is 18.2. The lowest BCUT2D eigenvalue weighted by Gasteiger charge is -2.13. The summed E-state index contributed by atoms with van der Waals surface area (Å²) < 4.78 is 10.6. The van der Waals surface area contributed by atoms with Crippen LogP contribution >= 0.6 is 12.2 Å². The van der Waals surface area contributed by atoms with Crippen LogP contribution < -0.4 is 25.6 Å². The summed E-state index contributed by atoms with van der Waals surface area (Å²) >= 11 is 5.12. The molecule has 0 bridgehead atoms. The normalized spacial score (nSPS) is 9.88. The average molecular weight is 359 g/mol. The van der Waals surface area contributed by atoms with Crippen LogP contribution in [0.25, 0.3) is 0 Å². The van der Waals surface area contributed by atoms with Crippen molar-refractivity contribution in [1.29, 1.82) is 0 Å². The van der Waals surface area contributed by atoms with Crippen LogP contribution in [0.3, 0.4) is 0 Å². The van der Waals surface area contributed by atoms with Crippen LogP contribution in [0.15, 0.2) is 42.5 Å². The number of benzene rings is 2. The summed E-state index contributed by atoms with van der Waals surface area (Å²) in [4.78, 5) is 11.8. The molecule has 1 amide bonds. The SMILES string of the molecule is COc1ccc(NC(=S)NNC(=O)COc2ccc(C)cc2C)cc1. The first-order valence-electron chi connectivity index (χ1n) is 7.68. The molecule has 3 N–H and O–H groups in total. The predicted octanol–water partition coefficient (Wildman–Crippen LogP) is 2.71. The van der Waals surface area contributed by atoms with E-state index in [9.17, 15) is 4.79 Å². The molecule has 25 heavy (non-hydrogen) atoms. The van der Waals surface area contributed by atoms with E-state index < -0.39 is 0 Å². The zero-order valence-corrected chi connectivity index (χ0v) is 15.2. The summed E-state index contributed by atoms with van der Waals surface area (Å²) in [5.74, 6) is 1.10. The highest BCUT2D eigenvalue weighted by molar-refractivity contribution is 7.80. The van der Waals surface area contributed by atoms with Crippen molar-refractivity contribution < 1.29 is 14.3 Å². The molecule has 2 rings (SSSR count). The molecular weight excluding hydrogens is 338 g/mol. The van der Waals surface area contributed by atoms with Crippen molar-refractivity contribution in [3.05, 3.63) is 53.6 Å². The molecule has 0 fully saturated rings. The quantitative estimate of drug-likeness (QED) is 0.563. The number of rotatable bonds is 5. The third-order valence-corrected chi connectivity index (χ3v) is 3.56. The van der Waals surface area contributed by atoms with Gasteiger partial charge in [0.15, 0.2) is 11.7 Å². The Balaban J connectivity index is 1.74. The Morgan fingerprint density at radius 1 is 1.08 bits per heavy atom. The molecule has 0 unspecified atom stereocenters. The van der Waals surface area contributed by atoms with Gasteiger partial charge in [-0.05, 0) is 62.0 Å². The third-order valence-electron chi connectivity index (χ3n) is 3.35. The topological polar surface area (TPSA) is 71.6 Å². The van der Waals surface area contributed by atoms with Crippen LogP contribution in [-0.2, 0) is 4.79 Å². The lowest BCUT2D eigenvalue weighted by atomic mass is 10.1. The molecule has 6 nitrogen and oxygen atoms in total. The number of carbonyl (C=O) groups is 1. The standard InChI is InChI=1S/C18H21N3O3S/c1-12-4-9-16(13(2)10-12)24-11-17(22)20-21-18(25)19-14-5-7-15(23-3)8-6-14/h4-10H,11H2,1-3H3,(H,20,22)(H2,19,21,25). The van der Waals surface area contributed by atoms with Crippen molar-refractivity contribution in [2.24, 2.45) is 0 Å². The maximum absolute atomic E-state index is 11.8. The number of thiocarbonyl (C=S) groups is 1. The van der Waals surface area contributed by atoms with Crippen LogP contribution in [0.2, 0.25) is 0 Å². The lowest BCUT2D eigenvalue weighted by Crippen LogP contribution is -2.45. The van der Waals surface area contributed by atoms with Crippen molar-refractivity contribution in [3.8, 4) is 11.5 Å². The molecule has 0 radical (unpaired) electrons. The number of aryl methyl sites for hydroxylation is 2. The van der Waals surface area contributed by atoms with E-state index in [1.165, 1.54) is 0 Å². The molecule has 0 spiro atoms. The van der Waals surface area contributed by atoms with Crippen molar-refractivity contribution in [1.82, 2.24) is 10.9 Å². The first-order chi connectivity index (χ1) is 12.0. The molecule has 0 saturated heterocycles. The van der Waals surface area contributed by atoms with Gasteiger partial charge in [0, 0.05) is 5.69 Å². The van der Waals surface area contributed by atoms with Gasteiger partial charge in [-0.2, -0.15) is 0 Å². The van der Waals surface area contributed by atoms with Crippen LogP contribution in [0.1, 0.15) is 11.1 Å². The van der Waals surface area contributed by atoms with E-state index in [-0.39, 0.29) is 17.6 Å². The van der Waals surface area contributed by atoms with Gasteiger partial charge in [0.1, 0.15) is 11.5 Å². The predicted molar refractivity (Wildman–Crippen MR) is 102 cm³/mol. The van der Waals surface area contributed by atoms with Crippen molar-refractivity contribution in [3.63, 3.8) is 0 Å². The van der Waals surface area contributed by atoms with E-state index in [0.29, 0.717) is 5.75 Å². The Hall–Kier alpha value is -2.80. The minimum absolute atomic E-state index is 0.109. The second kappa shape index (κ2) is 8.89. The Kier molecular flexibility index (Phi) is 6.59. The van der Waals surface area contributed by atoms with Crippen molar-refractivity contribution >= 4 is 28.9 Å². The van der Waals surface area contributed by atoms with Gasteiger partial charge < -0.3 is 14.8 Å². The summed E-state index contributed by atoms with van der Waals surface area (Å²) in [6.07, 6.45) is 0. The number of hydrogen-bond acceptors (Lipinski definition) is 4. The maximum atomic E-state index is 11.8. The molecule has 0 aliphatic carbocycles. The van der Waals surface area contributed by atoms with E-state index in [1.807, 2.05) is 44.2 Å². The number of amides is 1. The first kappa shape index (κ1) is 18.5. The molecule has 0 atom stereocenters. The van der Waals surface area contributed by atoms with Crippen LogP contribution in [0.4, 0.5) is 5.69 Å². The van der Waals surface area contributed by atoms with Gasteiger partial charge in [0.25, 0.3) is 5.91 Å². The number of ether oxygens (including phenoxy) is 2. The highest BCUT2D eigenvalue weighted by Gasteiger charge is 2.06. The Morgan fingerprint density at radius 2 is 1.80 bits per heavy atom. The third kappa shape index (κ3) is 5.96. The summed E-state index contributed by atoms with van der Waals surface area (Å²) in [6, 6.07) is 13.0. The molecule has 0 heterocycles. The number of hydrogen-bond donors (Lipinski definition) is 3. The van der Waals surface area contributed by atoms with E-state index >= 15 is 0 Å². The Morgan fingerprint density at radius 3 is 2.44 bits per heavy atom. The average Bonchev–Trinajstić information content (AvgIpc) is 2.60. The lowest BCUT2D eigenvalue weighted by molar-refractivity contribution is -0.123. The molecule has 0 aliphatic heterocycles. The second-order valence-electron chi connectivity index (χ2n) is 5.41. The van der Waals surface area contributed by atoms with E-state index in [1.54, 1.807) is 19.2 Å². The van der Waals surface area contributed by atoms with E-state index in [0.717, 1.165) is 22.6 Å². The number of carbonyl (C=O) groups excluding carboxylic acids is 1. The maximum Gasteiger partial charge on any atom is 0.276 e. The number of methoxy groups -OCH3 is 1. The van der Waals surface area contributed by atoms with Gasteiger partial charge in [-0.3, -0.25) is 15.6 Å². The van der Waals surface area contributed by atoms with Gasteiger partial charge in [0.2, 0.25) is 0 Å². The van der Waals surface area contributed by atoms with E-state index in [2.05, 4.69) is 16.2 Å². The molecule has 0 aromatic heterocycles. The fraction of sp³-hybridized carbons (Fsp3) is 0.222. The second-order valence-corrected chi connectivity index (χ2v) is 5.82. The van der Waals surface area contributed by atoms with Gasteiger partial charge >= 0.3 is 0 Å². The van der Waals surface area contributed by atoms with E-state index in [4.69, 9.17) is 21.7 Å². The summed E-state index contributed by atoms with van der Waals surface area (Å²) in [6.45, 7) is 3.83. The monoisotopic (exact) mass is 359 g/mol.